The summed E-state index contributed by atoms with van der Waals surface area (Å²) in [4.78, 5) is 4.35. The molecule has 0 radical (unpaired) electrons. The normalized spacial score (nSPS) is 14.3. The molecule has 1 aromatic heterocycles. The van der Waals surface area contributed by atoms with Gasteiger partial charge in [0.2, 0.25) is 0 Å². The molecule has 0 spiro atoms. The molecular weight excluding hydrogens is 272 g/mol. The Morgan fingerprint density at radius 1 is 1.30 bits per heavy atom. The van der Waals surface area contributed by atoms with Crippen molar-refractivity contribution >= 4 is 11.6 Å². The zero-order chi connectivity index (χ0) is 13.9. The molecule has 3 rings (SSSR count). The van der Waals surface area contributed by atoms with Crippen molar-refractivity contribution < 1.29 is 4.74 Å². The van der Waals surface area contributed by atoms with Crippen molar-refractivity contribution in [2.45, 2.75) is 32.4 Å². The van der Waals surface area contributed by atoms with E-state index in [-0.39, 0.29) is 0 Å². The molecule has 0 bridgehead atoms. The molecule has 4 heteroatoms. The molecule has 1 saturated carbocycles. The molecule has 0 unspecified atom stereocenters. The molecule has 1 fully saturated rings. The summed E-state index contributed by atoms with van der Waals surface area (Å²) >= 11 is 6.14. The van der Waals surface area contributed by atoms with Gasteiger partial charge in [-0.2, -0.15) is 0 Å². The quantitative estimate of drug-likeness (QED) is 0.900. The van der Waals surface area contributed by atoms with Crippen molar-refractivity contribution in [1.29, 1.82) is 0 Å². The first-order valence-electron chi connectivity index (χ1n) is 6.83. The predicted octanol–water partition coefficient (Wildman–Crippen LogP) is 4.09. The number of ether oxygens (including phenoxy) is 1. The van der Waals surface area contributed by atoms with Gasteiger partial charge < -0.3 is 10.1 Å². The third kappa shape index (κ3) is 3.50. The molecule has 1 heterocycles. The summed E-state index contributed by atoms with van der Waals surface area (Å²) in [5.74, 6) is 1.44. The largest absolute Gasteiger partial charge is 0.456 e. The molecule has 0 saturated heterocycles. The second kappa shape index (κ2) is 5.81. The Morgan fingerprint density at radius 3 is 2.95 bits per heavy atom. The van der Waals surface area contributed by atoms with Crippen LogP contribution in [-0.2, 0) is 6.54 Å². The van der Waals surface area contributed by atoms with Crippen LogP contribution >= 0.6 is 11.6 Å². The van der Waals surface area contributed by atoms with E-state index in [1.165, 1.54) is 12.8 Å². The Kier molecular flexibility index (Phi) is 3.90. The van der Waals surface area contributed by atoms with Crippen LogP contribution in [0.15, 0.2) is 36.5 Å². The van der Waals surface area contributed by atoms with Crippen LogP contribution in [0.1, 0.15) is 24.1 Å². The van der Waals surface area contributed by atoms with Gasteiger partial charge in [-0.3, -0.25) is 4.98 Å². The first kappa shape index (κ1) is 13.4. The average molecular weight is 289 g/mol. The molecular formula is C16H17ClN2O. The molecule has 1 N–H and O–H groups in total. The minimum absolute atomic E-state index is 0.616. The minimum Gasteiger partial charge on any atom is -0.456 e. The van der Waals surface area contributed by atoms with E-state index in [1.807, 2.05) is 37.3 Å². The van der Waals surface area contributed by atoms with Gasteiger partial charge >= 0.3 is 0 Å². The van der Waals surface area contributed by atoms with E-state index in [1.54, 1.807) is 6.20 Å². The highest BCUT2D eigenvalue weighted by Gasteiger charge is 2.20. The summed E-state index contributed by atoms with van der Waals surface area (Å²) in [6, 6.07) is 10.2. The van der Waals surface area contributed by atoms with Gasteiger partial charge in [-0.05, 0) is 43.5 Å². The van der Waals surface area contributed by atoms with Crippen LogP contribution < -0.4 is 10.1 Å². The molecule has 0 atom stereocenters. The molecule has 3 nitrogen and oxygen atoms in total. The van der Waals surface area contributed by atoms with Crippen molar-refractivity contribution in [1.82, 2.24) is 10.3 Å². The number of rotatable bonds is 5. The molecule has 104 valence electrons. The maximum atomic E-state index is 6.14. The molecule has 2 aromatic rings. The minimum atomic E-state index is 0.616. The Hall–Kier alpha value is -1.58. The second-order valence-electron chi connectivity index (χ2n) is 5.17. The Bertz CT molecular complexity index is 611. The third-order valence-electron chi connectivity index (χ3n) is 3.25. The fraction of sp³-hybridized carbons (Fsp3) is 0.312. The zero-order valence-electron chi connectivity index (χ0n) is 11.4. The monoisotopic (exact) mass is 288 g/mol. The molecule has 20 heavy (non-hydrogen) atoms. The Labute approximate surface area is 123 Å². The highest BCUT2D eigenvalue weighted by atomic mass is 35.5. The van der Waals surface area contributed by atoms with Gasteiger partial charge in [0.25, 0.3) is 0 Å². The van der Waals surface area contributed by atoms with E-state index in [0.717, 1.165) is 23.6 Å². The summed E-state index contributed by atoms with van der Waals surface area (Å²) < 4.78 is 5.85. The first-order valence-corrected chi connectivity index (χ1v) is 7.21. The number of hydrogen-bond acceptors (Lipinski definition) is 3. The lowest BCUT2D eigenvalue weighted by Gasteiger charge is -2.09. The molecule has 0 aliphatic heterocycles. The van der Waals surface area contributed by atoms with E-state index in [0.29, 0.717) is 16.8 Å². The van der Waals surface area contributed by atoms with E-state index in [2.05, 4.69) is 10.3 Å². The van der Waals surface area contributed by atoms with E-state index in [9.17, 15) is 0 Å². The van der Waals surface area contributed by atoms with Crippen LogP contribution in [0.2, 0.25) is 5.02 Å². The second-order valence-corrected chi connectivity index (χ2v) is 5.58. The lowest BCUT2D eigenvalue weighted by atomic mass is 10.2. The van der Waals surface area contributed by atoms with Crippen molar-refractivity contribution in [2.24, 2.45) is 0 Å². The van der Waals surface area contributed by atoms with Crippen LogP contribution in [-0.4, -0.2) is 11.0 Å². The lowest BCUT2D eigenvalue weighted by Crippen LogP contribution is -2.16. The van der Waals surface area contributed by atoms with Crippen LogP contribution in [0.25, 0.3) is 0 Å². The van der Waals surface area contributed by atoms with Crippen LogP contribution in [0.5, 0.6) is 11.5 Å². The van der Waals surface area contributed by atoms with Gasteiger partial charge in [0, 0.05) is 24.8 Å². The molecule has 0 amide bonds. The summed E-state index contributed by atoms with van der Waals surface area (Å²) in [6.07, 6.45) is 4.31. The maximum Gasteiger partial charge on any atom is 0.146 e. The van der Waals surface area contributed by atoms with Crippen LogP contribution in [0.3, 0.4) is 0 Å². The summed E-state index contributed by atoms with van der Waals surface area (Å²) in [5.41, 5.74) is 2.10. The number of pyridine rings is 1. The average Bonchev–Trinajstić information content (AvgIpc) is 3.25. The predicted molar refractivity (Wildman–Crippen MR) is 80.4 cm³/mol. The SMILES string of the molecule is Cc1ccc(Cl)c(Oc2ccnc(CNC3CC3)c2)c1. The van der Waals surface area contributed by atoms with Crippen molar-refractivity contribution in [3.8, 4) is 11.5 Å². The summed E-state index contributed by atoms with van der Waals surface area (Å²) in [6.45, 7) is 2.80. The van der Waals surface area contributed by atoms with Crippen molar-refractivity contribution in [3.63, 3.8) is 0 Å². The fourth-order valence-electron chi connectivity index (χ4n) is 1.97. The number of benzene rings is 1. The van der Waals surface area contributed by atoms with Crippen molar-refractivity contribution in [2.75, 3.05) is 0 Å². The first-order chi connectivity index (χ1) is 9.70. The van der Waals surface area contributed by atoms with Gasteiger partial charge in [0.1, 0.15) is 11.5 Å². The standard InChI is InChI=1S/C16H17ClN2O/c1-11-2-5-15(17)16(8-11)20-14-6-7-18-13(9-14)10-19-12-3-4-12/h2,5-9,12,19H,3-4,10H2,1H3. The number of hydrogen-bond donors (Lipinski definition) is 1. The summed E-state index contributed by atoms with van der Waals surface area (Å²) in [7, 11) is 0. The Morgan fingerprint density at radius 2 is 2.15 bits per heavy atom. The number of aromatic nitrogens is 1. The van der Waals surface area contributed by atoms with Crippen molar-refractivity contribution in [3.05, 3.63) is 52.8 Å². The number of aryl methyl sites for hydroxylation is 1. The highest BCUT2D eigenvalue weighted by Crippen LogP contribution is 2.30. The van der Waals surface area contributed by atoms with Gasteiger partial charge in [0.15, 0.2) is 0 Å². The smallest absolute Gasteiger partial charge is 0.146 e. The van der Waals surface area contributed by atoms with Crippen LogP contribution in [0, 0.1) is 6.92 Å². The summed E-state index contributed by atoms with van der Waals surface area (Å²) in [5, 5.41) is 4.06. The third-order valence-corrected chi connectivity index (χ3v) is 3.56. The van der Waals surface area contributed by atoms with Gasteiger partial charge in [-0.15, -0.1) is 0 Å². The number of nitrogens with zero attached hydrogens (tertiary/aromatic N) is 1. The van der Waals surface area contributed by atoms with Gasteiger partial charge in [0.05, 0.1) is 10.7 Å². The van der Waals surface area contributed by atoms with Gasteiger partial charge in [-0.1, -0.05) is 17.7 Å². The Balaban J connectivity index is 1.72. The highest BCUT2D eigenvalue weighted by molar-refractivity contribution is 6.32. The number of nitrogens with one attached hydrogen (secondary N) is 1. The molecule has 1 aromatic carbocycles. The molecule has 1 aliphatic carbocycles. The fourth-order valence-corrected chi connectivity index (χ4v) is 2.12. The van der Waals surface area contributed by atoms with Gasteiger partial charge in [-0.25, -0.2) is 0 Å². The van der Waals surface area contributed by atoms with E-state index < -0.39 is 0 Å². The zero-order valence-corrected chi connectivity index (χ0v) is 12.2. The maximum absolute atomic E-state index is 6.14. The lowest BCUT2D eigenvalue weighted by molar-refractivity contribution is 0.480. The topological polar surface area (TPSA) is 34.1 Å². The molecule has 1 aliphatic rings. The van der Waals surface area contributed by atoms with E-state index >= 15 is 0 Å². The number of halogens is 1. The van der Waals surface area contributed by atoms with Crippen LogP contribution in [0.4, 0.5) is 0 Å². The van der Waals surface area contributed by atoms with E-state index in [4.69, 9.17) is 16.3 Å².